The number of likely N-dealkylation sites (tertiary alicyclic amines) is 1. The van der Waals surface area contributed by atoms with Crippen LogP contribution in [0, 0.1) is 16.6 Å². The van der Waals surface area contributed by atoms with E-state index in [1.165, 1.54) is 6.07 Å². The molecule has 1 aliphatic heterocycles. The van der Waals surface area contributed by atoms with Crippen LogP contribution in [0.4, 0.5) is 4.39 Å². The maximum absolute atomic E-state index is 14.1. The molecule has 1 aromatic carbocycles. The molecule has 0 radical (unpaired) electrons. The molecule has 1 saturated carbocycles. The zero-order valence-corrected chi connectivity index (χ0v) is 14.3. The molecule has 0 spiro atoms. The number of hydrogen-bond acceptors (Lipinski definition) is 1. The quantitative estimate of drug-likeness (QED) is 0.720. The summed E-state index contributed by atoms with van der Waals surface area (Å²) >= 11 is 3.23. The summed E-state index contributed by atoms with van der Waals surface area (Å²) in [4.78, 5) is 14.6. The normalized spacial score (nSPS) is 30.5. The van der Waals surface area contributed by atoms with Gasteiger partial charge in [0.05, 0.1) is 5.56 Å². The van der Waals surface area contributed by atoms with Crippen LogP contribution >= 0.6 is 15.9 Å². The number of benzene rings is 1. The fourth-order valence-corrected chi connectivity index (χ4v) is 4.85. The van der Waals surface area contributed by atoms with Gasteiger partial charge in [-0.1, -0.05) is 36.7 Å². The van der Waals surface area contributed by atoms with Gasteiger partial charge in [-0.2, -0.15) is 0 Å². The van der Waals surface area contributed by atoms with Crippen LogP contribution in [0.15, 0.2) is 22.7 Å². The highest BCUT2D eigenvalue weighted by molar-refractivity contribution is 9.10. The molecule has 0 aromatic heterocycles. The SMILES string of the molecule is CC1(C)CC2CC(C)(CN2C(=O)c2ccc(Br)cc2F)C1. The standard InChI is InChI=1S/C17H21BrFNO/c1-16(2)7-12-8-17(3,9-16)10-20(12)15(21)13-5-4-11(18)6-14(13)19/h4-6,12H,7-10H2,1-3H3. The zero-order chi connectivity index (χ0) is 15.4. The summed E-state index contributed by atoms with van der Waals surface area (Å²) < 4.78 is 14.7. The van der Waals surface area contributed by atoms with Crippen LogP contribution in [0.1, 0.15) is 50.4 Å². The number of halogens is 2. The summed E-state index contributed by atoms with van der Waals surface area (Å²) in [6, 6.07) is 4.91. The largest absolute Gasteiger partial charge is 0.335 e. The molecule has 4 heteroatoms. The third-order valence-electron chi connectivity index (χ3n) is 4.84. The van der Waals surface area contributed by atoms with Gasteiger partial charge >= 0.3 is 0 Å². The molecule has 2 atom stereocenters. The van der Waals surface area contributed by atoms with E-state index in [1.54, 1.807) is 12.1 Å². The molecule has 2 fully saturated rings. The van der Waals surface area contributed by atoms with Crippen molar-refractivity contribution < 1.29 is 9.18 Å². The molecule has 2 bridgehead atoms. The van der Waals surface area contributed by atoms with Gasteiger partial charge in [-0.25, -0.2) is 4.39 Å². The lowest BCUT2D eigenvalue weighted by Crippen LogP contribution is -2.38. The van der Waals surface area contributed by atoms with Crippen LogP contribution in [0.2, 0.25) is 0 Å². The third-order valence-corrected chi connectivity index (χ3v) is 5.33. The molecule has 1 aliphatic carbocycles. The van der Waals surface area contributed by atoms with Crippen LogP contribution in [0.5, 0.6) is 0 Å². The number of fused-ring (bicyclic) bond motifs is 2. The van der Waals surface area contributed by atoms with Crippen molar-refractivity contribution >= 4 is 21.8 Å². The van der Waals surface area contributed by atoms with Gasteiger partial charge in [0.2, 0.25) is 0 Å². The Morgan fingerprint density at radius 2 is 2.05 bits per heavy atom. The van der Waals surface area contributed by atoms with E-state index >= 15 is 0 Å². The summed E-state index contributed by atoms with van der Waals surface area (Å²) in [6.07, 6.45) is 3.18. The van der Waals surface area contributed by atoms with E-state index in [4.69, 9.17) is 0 Å². The van der Waals surface area contributed by atoms with Crippen molar-refractivity contribution in [3.05, 3.63) is 34.1 Å². The molecule has 2 unspecified atom stereocenters. The molecule has 0 N–H and O–H groups in total. The van der Waals surface area contributed by atoms with Gasteiger partial charge in [0.25, 0.3) is 5.91 Å². The highest BCUT2D eigenvalue weighted by atomic mass is 79.9. The van der Waals surface area contributed by atoms with Crippen molar-refractivity contribution in [2.75, 3.05) is 6.54 Å². The third kappa shape index (κ3) is 2.75. The van der Waals surface area contributed by atoms with Crippen molar-refractivity contribution in [3.8, 4) is 0 Å². The lowest BCUT2D eigenvalue weighted by molar-refractivity contribution is 0.0703. The smallest absolute Gasteiger partial charge is 0.257 e. The number of nitrogens with zero attached hydrogens (tertiary/aromatic N) is 1. The lowest BCUT2D eigenvalue weighted by atomic mass is 9.65. The van der Waals surface area contributed by atoms with Crippen molar-refractivity contribution in [1.29, 1.82) is 0 Å². The first-order valence-electron chi connectivity index (χ1n) is 7.45. The predicted molar refractivity (Wildman–Crippen MR) is 84.7 cm³/mol. The van der Waals surface area contributed by atoms with Gasteiger partial charge in [0.15, 0.2) is 0 Å². The summed E-state index contributed by atoms with van der Waals surface area (Å²) in [5.41, 5.74) is 0.617. The molecule has 1 saturated heterocycles. The van der Waals surface area contributed by atoms with E-state index in [2.05, 4.69) is 36.7 Å². The molecule has 3 rings (SSSR count). The average Bonchev–Trinajstić information content (AvgIpc) is 2.57. The fraction of sp³-hybridized carbons (Fsp3) is 0.588. The molecule has 2 nitrogen and oxygen atoms in total. The first-order valence-corrected chi connectivity index (χ1v) is 8.25. The fourth-order valence-electron chi connectivity index (χ4n) is 4.51. The lowest BCUT2D eigenvalue weighted by Gasteiger charge is -2.39. The van der Waals surface area contributed by atoms with E-state index in [0.717, 1.165) is 25.8 Å². The first-order chi connectivity index (χ1) is 9.69. The molecule has 21 heavy (non-hydrogen) atoms. The van der Waals surface area contributed by atoms with Crippen molar-refractivity contribution in [1.82, 2.24) is 4.90 Å². The van der Waals surface area contributed by atoms with Crippen molar-refractivity contribution in [2.45, 2.75) is 46.1 Å². The summed E-state index contributed by atoms with van der Waals surface area (Å²) in [7, 11) is 0. The number of carbonyl (C=O) groups is 1. The van der Waals surface area contributed by atoms with E-state index in [9.17, 15) is 9.18 Å². The molecule has 1 amide bonds. The Bertz CT molecular complexity index is 600. The second kappa shape index (κ2) is 4.80. The minimum Gasteiger partial charge on any atom is -0.335 e. The Kier molecular flexibility index (Phi) is 3.43. The maximum atomic E-state index is 14.1. The Morgan fingerprint density at radius 3 is 2.71 bits per heavy atom. The highest BCUT2D eigenvalue weighted by Crippen LogP contribution is 2.52. The number of hydrogen-bond donors (Lipinski definition) is 0. The van der Waals surface area contributed by atoms with Crippen molar-refractivity contribution in [3.63, 3.8) is 0 Å². The molecule has 114 valence electrons. The highest BCUT2D eigenvalue weighted by Gasteiger charge is 2.51. The minimum absolute atomic E-state index is 0.161. The van der Waals surface area contributed by atoms with Crippen LogP contribution < -0.4 is 0 Å². The molecular weight excluding hydrogens is 333 g/mol. The number of amides is 1. The van der Waals surface area contributed by atoms with Gasteiger partial charge in [-0.3, -0.25) is 4.79 Å². The summed E-state index contributed by atoms with van der Waals surface area (Å²) in [5, 5.41) is 0. The second-order valence-electron chi connectivity index (χ2n) is 7.77. The minimum atomic E-state index is -0.444. The molecular formula is C17H21BrFNO. The van der Waals surface area contributed by atoms with Gasteiger partial charge < -0.3 is 4.90 Å². The Hall–Kier alpha value is -0.900. The number of rotatable bonds is 1. The Labute approximate surface area is 133 Å². The van der Waals surface area contributed by atoms with Gasteiger partial charge in [-0.15, -0.1) is 0 Å². The monoisotopic (exact) mass is 353 g/mol. The van der Waals surface area contributed by atoms with Gasteiger partial charge in [-0.05, 0) is 48.3 Å². The van der Waals surface area contributed by atoms with E-state index in [1.807, 2.05) is 4.90 Å². The predicted octanol–water partition coefficient (Wildman–Crippen LogP) is 4.63. The molecule has 1 heterocycles. The molecule has 2 aliphatic rings. The van der Waals surface area contributed by atoms with Gasteiger partial charge in [0.1, 0.15) is 5.82 Å². The molecule has 1 aromatic rings. The average molecular weight is 354 g/mol. The van der Waals surface area contributed by atoms with Crippen LogP contribution in [0.3, 0.4) is 0 Å². The topological polar surface area (TPSA) is 20.3 Å². The maximum Gasteiger partial charge on any atom is 0.257 e. The zero-order valence-electron chi connectivity index (χ0n) is 12.7. The summed E-state index contributed by atoms with van der Waals surface area (Å²) in [6.45, 7) is 7.54. The van der Waals surface area contributed by atoms with E-state index in [0.29, 0.717) is 4.47 Å². The first kappa shape index (κ1) is 15.0. The van der Waals surface area contributed by atoms with Crippen LogP contribution in [-0.4, -0.2) is 23.4 Å². The Morgan fingerprint density at radius 1 is 1.33 bits per heavy atom. The van der Waals surface area contributed by atoms with E-state index in [-0.39, 0.29) is 28.3 Å². The second-order valence-corrected chi connectivity index (χ2v) is 8.69. The van der Waals surface area contributed by atoms with Crippen LogP contribution in [0.25, 0.3) is 0 Å². The van der Waals surface area contributed by atoms with Crippen LogP contribution in [-0.2, 0) is 0 Å². The Balaban J connectivity index is 1.90. The van der Waals surface area contributed by atoms with Crippen molar-refractivity contribution in [2.24, 2.45) is 10.8 Å². The number of carbonyl (C=O) groups excluding carboxylic acids is 1. The summed E-state index contributed by atoms with van der Waals surface area (Å²) in [5.74, 6) is -0.605. The van der Waals surface area contributed by atoms with E-state index < -0.39 is 5.82 Å². The van der Waals surface area contributed by atoms with Gasteiger partial charge in [0, 0.05) is 17.1 Å².